The van der Waals surface area contributed by atoms with E-state index in [-0.39, 0.29) is 24.3 Å². The first-order valence-corrected chi connectivity index (χ1v) is 9.48. The number of methoxy groups -OCH3 is 2. The Morgan fingerprint density at radius 3 is 2.36 bits per heavy atom. The Balaban J connectivity index is 2.39. The van der Waals surface area contributed by atoms with E-state index in [0.717, 1.165) is 21.9 Å². The lowest BCUT2D eigenvalue weighted by Crippen LogP contribution is -2.31. The second kappa shape index (κ2) is 7.87. The number of carbonyl (C=O) groups excluding carboxylic acids is 1. The van der Waals surface area contributed by atoms with Gasteiger partial charge in [-0.3, -0.25) is 4.79 Å². The van der Waals surface area contributed by atoms with Crippen molar-refractivity contribution >= 4 is 16.7 Å². The Bertz CT molecular complexity index is 888. The minimum Gasteiger partial charge on any atom is -0.497 e. The van der Waals surface area contributed by atoms with Gasteiger partial charge in [0.1, 0.15) is 17.2 Å². The summed E-state index contributed by atoms with van der Waals surface area (Å²) in [4.78, 5) is 11.7. The van der Waals surface area contributed by atoms with Crippen molar-refractivity contribution in [2.45, 2.75) is 59.0 Å². The van der Waals surface area contributed by atoms with Gasteiger partial charge in [-0.2, -0.15) is 0 Å². The number of benzene rings is 2. The van der Waals surface area contributed by atoms with Crippen LogP contribution in [0.3, 0.4) is 0 Å². The molecule has 6 nitrogen and oxygen atoms in total. The van der Waals surface area contributed by atoms with Crippen LogP contribution in [0.25, 0.3) is 10.8 Å². The Morgan fingerprint density at radius 1 is 1.07 bits per heavy atom. The van der Waals surface area contributed by atoms with Crippen LogP contribution in [-0.4, -0.2) is 32.4 Å². The highest BCUT2D eigenvalue weighted by Crippen LogP contribution is 2.48. The van der Waals surface area contributed by atoms with Crippen LogP contribution in [0.5, 0.6) is 17.2 Å². The van der Waals surface area contributed by atoms with Crippen molar-refractivity contribution in [2.24, 2.45) is 0 Å². The van der Waals surface area contributed by atoms with Gasteiger partial charge in [0.25, 0.3) is 0 Å². The van der Waals surface area contributed by atoms with Gasteiger partial charge >= 0.3 is 5.97 Å². The number of esters is 1. The molecule has 0 fully saturated rings. The van der Waals surface area contributed by atoms with E-state index >= 15 is 0 Å². The molecular formula is C22H28O6. The van der Waals surface area contributed by atoms with Crippen LogP contribution in [0, 0.1) is 0 Å². The predicted molar refractivity (Wildman–Crippen MR) is 106 cm³/mol. The van der Waals surface area contributed by atoms with Gasteiger partial charge in [0.05, 0.1) is 37.9 Å². The Hall–Kier alpha value is -2.47. The lowest BCUT2D eigenvalue weighted by molar-refractivity contribution is -0.161. The van der Waals surface area contributed by atoms with Gasteiger partial charge in [-0.15, -0.1) is 0 Å². The molecule has 1 heterocycles. The molecule has 28 heavy (non-hydrogen) atoms. The van der Waals surface area contributed by atoms with E-state index in [2.05, 4.69) is 0 Å². The maximum atomic E-state index is 11.7. The number of hydrogen-bond donors (Lipinski definition) is 0. The molecule has 2 aromatic rings. The summed E-state index contributed by atoms with van der Waals surface area (Å²) in [7, 11) is 3.24. The molecule has 1 aliphatic rings. The highest BCUT2D eigenvalue weighted by molar-refractivity contribution is 5.98. The molecule has 0 amide bonds. The monoisotopic (exact) mass is 388 g/mol. The molecule has 0 bridgehead atoms. The summed E-state index contributed by atoms with van der Waals surface area (Å²) in [5.74, 6) is 1.66. The van der Waals surface area contributed by atoms with Crippen molar-refractivity contribution in [1.29, 1.82) is 0 Å². The van der Waals surface area contributed by atoms with E-state index in [9.17, 15) is 4.79 Å². The molecule has 152 valence electrons. The maximum absolute atomic E-state index is 11.7. The lowest BCUT2D eigenvalue weighted by Gasteiger charge is -2.36. The molecule has 0 N–H and O–H groups in total. The zero-order chi connectivity index (χ0) is 20.6. The molecule has 0 unspecified atom stereocenters. The van der Waals surface area contributed by atoms with Crippen LogP contribution in [0.2, 0.25) is 0 Å². The smallest absolute Gasteiger partial charge is 0.303 e. The highest BCUT2D eigenvalue weighted by atomic mass is 16.6. The van der Waals surface area contributed by atoms with Crippen molar-refractivity contribution in [1.82, 2.24) is 0 Å². The summed E-state index contributed by atoms with van der Waals surface area (Å²) in [6, 6.07) is 5.74. The molecule has 0 aliphatic carbocycles. The predicted octanol–water partition coefficient (Wildman–Crippen LogP) is 4.73. The van der Waals surface area contributed by atoms with Gasteiger partial charge in [0.2, 0.25) is 0 Å². The Morgan fingerprint density at radius 2 is 1.79 bits per heavy atom. The molecule has 0 radical (unpaired) electrons. The molecule has 0 saturated carbocycles. The largest absolute Gasteiger partial charge is 0.497 e. The molecule has 1 aliphatic heterocycles. The SMILES string of the molecule is COc1cc(OC)c2c(OC(C)C)cc3c(c2c1)[C@H](C)O[C@@H](C)[C@@H]3OC(C)=O. The first kappa shape index (κ1) is 20.3. The van der Waals surface area contributed by atoms with Gasteiger partial charge in [-0.25, -0.2) is 0 Å². The standard InChI is InChI=1S/C22H28O6/c1-11(2)26-19-10-17-20(12(3)27-13(4)22(17)28-14(5)23)16-8-15(24-6)9-18(25-7)21(16)19/h8-13,22H,1-7H3/t12-,13-,22-/m0/s1. The molecule has 6 heteroatoms. The van der Waals surface area contributed by atoms with Crippen LogP contribution in [0.4, 0.5) is 0 Å². The van der Waals surface area contributed by atoms with Crippen molar-refractivity contribution in [3.63, 3.8) is 0 Å². The van der Waals surface area contributed by atoms with Crippen LogP contribution in [0.1, 0.15) is 58.0 Å². The second-order valence-electron chi connectivity index (χ2n) is 7.31. The highest BCUT2D eigenvalue weighted by Gasteiger charge is 2.36. The van der Waals surface area contributed by atoms with E-state index in [1.54, 1.807) is 14.2 Å². The first-order chi connectivity index (χ1) is 13.3. The minimum absolute atomic E-state index is 0.0325. The third-order valence-corrected chi connectivity index (χ3v) is 4.88. The fourth-order valence-electron chi connectivity index (χ4n) is 3.87. The van der Waals surface area contributed by atoms with Crippen LogP contribution < -0.4 is 14.2 Å². The van der Waals surface area contributed by atoms with Crippen LogP contribution in [-0.2, 0) is 14.3 Å². The summed E-state index contributed by atoms with van der Waals surface area (Å²) < 4.78 is 29.0. The molecule has 2 aromatic carbocycles. The van der Waals surface area contributed by atoms with Crippen molar-refractivity contribution in [3.05, 3.63) is 29.3 Å². The van der Waals surface area contributed by atoms with E-state index < -0.39 is 6.10 Å². The molecule has 0 aromatic heterocycles. The molecule has 0 saturated heterocycles. The van der Waals surface area contributed by atoms with Gasteiger partial charge in [0.15, 0.2) is 6.10 Å². The number of rotatable bonds is 5. The first-order valence-electron chi connectivity index (χ1n) is 9.48. The summed E-state index contributed by atoms with van der Waals surface area (Å²) >= 11 is 0. The van der Waals surface area contributed by atoms with E-state index in [1.807, 2.05) is 45.9 Å². The summed E-state index contributed by atoms with van der Waals surface area (Å²) in [6.45, 7) is 9.25. The van der Waals surface area contributed by atoms with Gasteiger partial charge < -0.3 is 23.7 Å². The van der Waals surface area contributed by atoms with Crippen molar-refractivity contribution < 1.29 is 28.5 Å². The van der Waals surface area contributed by atoms with Gasteiger partial charge in [-0.05, 0) is 50.8 Å². The topological polar surface area (TPSA) is 63.2 Å². The third kappa shape index (κ3) is 3.61. The summed E-state index contributed by atoms with van der Waals surface area (Å²) in [5, 5.41) is 1.75. The maximum Gasteiger partial charge on any atom is 0.303 e. The molecule has 3 rings (SSSR count). The average Bonchev–Trinajstić information content (AvgIpc) is 2.62. The number of hydrogen-bond acceptors (Lipinski definition) is 6. The molecule has 0 spiro atoms. The number of ether oxygens (including phenoxy) is 5. The Kier molecular flexibility index (Phi) is 5.70. The van der Waals surface area contributed by atoms with Crippen molar-refractivity contribution in [2.75, 3.05) is 14.2 Å². The van der Waals surface area contributed by atoms with E-state index in [1.165, 1.54) is 6.92 Å². The quantitative estimate of drug-likeness (QED) is 0.690. The summed E-state index contributed by atoms with van der Waals surface area (Å²) in [5.41, 5.74) is 1.84. The van der Waals surface area contributed by atoms with Gasteiger partial charge in [-0.1, -0.05) is 0 Å². The summed E-state index contributed by atoms with van der Waals surface area (Å²) in [6.07, 6.45) is -1.01. The van der Waals surface area contributed by atoms with Crippen LogP contribution in [0.15, 0.2) is 18.2 Å². The normalized spacial score (nSPS) is 21.4. The number of fused-ring (bicyclic) bond motifs is 3. The van der Waals surface area contributed by atoms with E-state index in [4.69, 9.17) is 23.7 Å². The fourth-order valence-corrected chi connectivity index (χ4v) is 3.87. The number of carbonyl (C=O) groups is 1. The molecule has 3 atom stereocenters. The third-order valence-electron chi connectivity index (χ3n) is 4.88. The second-order valence-corrected chi connectivity index (χ2v) is 7.31. The lowest BCUT2D eigenvalue weighted by atomic mass is 9.87. The zero-order valence-corrected chi connectivity index (χ0v) is 17.5. The van der Waals surface area contributed by atoms with Crippen molar-refractivity contribution in [3.8, 4) is 17.2 Å². The zero-order valence-electron chi connectivity index (χ0n) is 17.5. The average molecular weight is 388 g/mol. The fraction of sp³-hybridized carbons (Fsp3) is 0.500. The van der Waals surface area contributed by atoms with Crippen LogP contribution >= 0.6 is 0 Å². The Labute approximate surface area is 165 Å². The van der Waals surface area contributed by atoms with Gasteiger partial charge in [0, 0.05) is 18.6 Å². The van der Waals surface area contributed by atoms with E-state index in [0.29, 0.717) is 17.2 Å². The molecular weight excluding hydrogens is 360 g/mol. The minimum atomic E-state index is -0.514.